The minimum absolute atomic E-state index is 0. The van der Waals surface area contributed by atoms with Gasteiger partial charge in [0.05, 0.1) is 0 Å². The van der Waals surface area contributed by atoms with Gasteiger partial charge < -0.3 is 10.2 Å². The van der Waals surface area contributed by atoms with Crippen LogP contribution in [0.3, 0.4) is 0 Å². The molecule has 0 radical (unpaired) electrons. The predicted octanol–water partition coefficient (Wildman–Crippen LogP) is 0.720. The van der Waals surface area contributed by atoms with Gasteiger partial charge in [-0.2, -0.15) is 0 Å². The van der Waals surface area contributed by atoms with Crippen LogP contribution in [-0.4, -0.2) is 37.1 Å². The van der Waals surface area contributed by atoms with Crippen LogP contribution in [0.15, 0.2) is 0 Å². The van der Waals surface area contributed by atoms with Gasteiger partial charge in [0.1, 0.15) is 0 Å². The van der Waals surface area contributed by atoms with Gasteiger partial charge in [0.2, 0.25) is 0 Å². The number of piperazine rings is 1. The molecule has 3 heteroatoms. The van der Waals surface area contributed by atoms with E-state index in [2.05, 4.69) is 31.1 Å². The van der Waals surface area contributed by atoms with Gasteiger partial charge in [0.25, 0.3) is 0 Å². The first-order chi connectivity index (χ1) is 4.22. The lowest BCUT2D eigenvalue weighted by Crippen LogP contribution is -2.53. The molecule has 1 heterocycles. The highest BCUT2D eigenvalue weighted by Crippen LogP contribution is 2.04. The fourth-order valence-corrected chi connectivity index (χ4v) is 1.22. The number of halogens is 1. The Hall–Kier alpha value is 0.210. The highest BCUT2D eigenvalue weighted by Gasteiger charge is 2.19. The number of rotatable bonds is 0. The highest BCUT2D eigenvalue weighted by atomic mass is 35.5. The Morgan fingerprint density at radius 1 is 1.40 bits per heavy atom. The van der Waals surface area contributed by atoms with Crippen molar-refractivity contribution in [2.24, 2.45) is 0 Å². The van der Waals surface area contributed by atoms with Crippen LogP contribution in [0.2, 0.25) is 0 Å². The van der Waals surface area contributed by atoms with E-state index in [1.54, 1.807) is 0 Å². The van der Waals surface area contributed by atoms with E-state index in [0.29, 0.717) is 12.1 Å². The molecule has 0 saturated carbocycles. The normalized spacial score (nSPS) is 35.1. The maximum Gasteiger partial charge on any atom is 0.0215 e. The lowest BCUT2D eigenvalue weighted by atomic mass is 10.1. The largest absolute Gasteiger partial charge is 0.311 e. The average molecular weight is 165 g/mol. The molecule has 2 atom stereocenters. The van der Waals surface area contributed by atoms with Crippen molar-refractivity contribution in [2.45, 2.75) is 25.9 Å². The van der Waals surface area contributed by atoms with Gasteiger partial charge in [-0.1, -0.05) is 0 Å². The number of likely N-dealkylation sites (N-methyl/N-ethyl adjacent to an activating group) is 1. The first kappa shape index (κ1) is 10.2. The second-order valence-electron chi connectivity index (χ2n) is 2.96. The summed E-state index contributed by atoms with van der Waals surface area (Å²) in [6.45, 7) is 6.82. The molecule has 0 spiro atoms. The Bertz CT molecular complexity index is 87.6. The third-order valence-corrected chi connectivity index (χ3v) is 2.35. The Balaban J connectivity index is 0.000000810. The molecular formula is C7H17ClN2. The molecule has 1 rings (SSSR count). The first-order valence-corrected chi connectivity index (χ1v) is 3.65. The van der Waals surface area contributed by atoms with E-state index in [1.807, 2.05) is 0 Å². The van der Waals surface area contributed by atoms with Gasteiger partial charge in [-0.25, -0.2) is 0 Å². The highest BCUT2D eigenvalue weighted by molar-refractivity contribution is 5.85. The summed E-state index contributed by atoms with van der Waals surface area (Å²) < 4.78 is 0. The van der Waals surface area contributed by atoms with Crippen LogP contribution in [0.25, 0.3) is 0 Å². The van der Waals surface area contributed by atoms with E-state index in [-0.39, 0.29) is 12.4 Å². The van der Waals surface area contributed by atoms with Crippen molar-refractivity contribution in [3.63, 3.8) is 0 Å². The summed E-state index contributed by atoms with van der Waals surface area (Å²) in [6.07, 6.45) is 0. The van der Waals surface area contributed by atoms with Crippen LogP contribution in [0.5, 0.6) is 0 Å². The molecule has 0 aromatic heterocycles. The zero-order valence-corrected chi connectivity index (χ0v) is 7.74. The Kier molecular flexibility index (Phi) is 4.25. The topological polar surface area (TPSA) is 15.3 Å². The van der Waals surface area contributed by atoms with Crippen LogP contribution < -0.4 is 5.32 Å². The van der Waals surface area contributed by atoms with Gasteiger partial charge in [-0.05, 0) is 20.9 Å². The van der Waals surface area contributed by atoms with E-state index < -0.39 is 0 Å². The molecule has 1 saturated heterocycles. The van der Waals surface area contributed by atoms with Gasteiger partial charge in [0.15, 0.2) is 0 Å². The van der Waals surface area contributed by atoms with Gasteiger partial charge in [-0.15, -0.1) is 12.4 Å². The third kappa shape index (κ3) is 2.11. The van der Waals surface area contributed by atoms with Gasteiger partial charge in [0, 0.05) is 25.2 Å². The quantitative estimate of drug-likeness (QED) is 0.568. The monoisotopic (exact) mass is 164 g/mol. The average Bonchev–Trinajstić information content (AvgIpc) is 1.83. The minimum Gasteiger partial charge on any atom is -0.311 e. The zero-order chi connectivity index (χ0) is 6.85. The second-order valence-corrected chi connectivity index (χ2v) is 2.96. The molecule has 0 aromatic rings. The van der Waals surface area contributed by atoms with E-state index in [1.165, 1.54) is 6.54 Å². The lowest BCUT2D eigenvalue weighted by molar-refractivity contribution is 0.172. The molecule has 1 aliphatic heterocycles. The van der Waals surface area contributed by atoms with Gasteiger partial charge >= 0.3 is 0 Å². The molecule has 0 unspecified atom stereocenters. The fourth-order valence-electron chi connectivity index (χ4n) is 1.22. The Morgan fingerprint density at radius 2 is 2.00 bits per heavy atom. The van der Waals surface area contributed by atoms with Crippen LogP contribution in [-0.2, 0) is 0 Å². The minimum atomic E-state index is 0. The molecule has 0 aliphatic carbocycles. The second kappa shape index (κ2) is 4.16. The molecule has 0 amide bonds. The summed E-state index contributed by atoms with van der Waals surface area (Å²) in [7, 11) is 2.18. The standard InChI is InChI=1S/C7H16N2.ClH/c1-6-7(2)9(3)5-4-8-6;/h6-8H,4-5H2,1-3H3;1H/t6-,7-;/m0./s1. The van der Waals surface area contributed by atoms with Crippen molar-refractivity contribution in [3.05, 3.63) is 0 Å². The van der Waals surface area contributed by atoms with Gasteiger partial charge in [-0.3, -0.25) is 0 Å². The summed E-state index contributed by atoms with van der Waals surface area (Å²) in [5.41, 5.74) is 0. The molecule has 1 fully saturated rings. The molecule has 62 valence electrons. The molecule has 1 aliphatic rings. The molecule has 10 heavy (non-hydrogen) atoms. The number of nitrogens with one attached hydrogen (secondary N) is 1. The summed E-state index contributed by atoms with van der Waals surface area (Å²) in [6, 6.07) is 1.35. The van der Waals surface area contributed by atoms with E-state index in [4.69, 9.17) is 0 Å². The summed E-state index contributed by atoms with van der Waals surface area (Å²) in [5, 5.41) is 3.42. The van der Waals surface area contributed by atoms with Crippen molar-refractivity contribution < 1.29 is 0 Å². The van der Waals surface area contributed by atoms with E-state index in [9.17, 15) is 0 Å². The first-order valence-electron chi connectivity index (χ1n) is 3.65. The summed E-state index contributed by atoms with van der Waals surface area (Å²) >= 11 is 0. The molecule has 2 nitrogen and oxygen atoms in total. The summed E-state index contributed by atoms with van der Waals surface area (Å²) in [4.78, 5) is 2.39. The van der Waals surface area contributed by atoms with Crippen molar-refractivity contribution in [1.82, 2.24) is 10.2 Å². The predicted molar refractivity (Wildman–Crippen MR) is 46.8 cm³/mol. The van der Waals surface area contributed by atoms with E-state index >= 15 is 0 Å². The van der Waals surface area contributed by atoms with Crippen molar-refractivity contribution in [1.29, 1.82) is 0 Å². The van der Waals surface area contributed by atoms with Crippen LogP contribution in [0.1, 0.15) is 13.8 Å². The van der Waals surface area contributed by atoms with E-state index in [0.717, 1.165) is 6.54 Å². The SMILES string of the molecule is C[C@@H]1NCCN(C)[C@H]1C.Cl. The maximum absolute atomic E-state index is 3.42. The van der Waals surface area contributed by atoms with Crippen molar-refractivity contribution >= 4 is 12.4 Å². The Labute approximate surface area is 69.4 Å². The number of nitrogens with zero attached hydrogens (tertiary/aromatic N) is 1. The molecule has 1 N–H and O–H groups in total. The number of hydrogen-bond acceptors (Lipinski definition) is 2. The fraction of sp³-hybridized carbons (Fsp3) is 1.00. The lowest BCUT2D eigenvalue weighted by Gasteiger charge is -2.35. The van der Waals surface area contributed by atoms with Crippen molar-refractivity contribution in [3.8, 4) is 0 Å². The van der Waals surface area contributed by atoms with Crippen LogP contribution >= 0.6 is 12.4 Å². The Morgan fingerprint density at radius 3 is 2.40 bits per heavy atom. The maximum atomic E-state index is 3.42. The van der Waals surface area contributed by atoms with Crippen LogP contribution in [0.4, 0.5) is 0 Å². The zero-order valence-electron chi connectivity index (χ0n) is 6.92. The van der Waals surface area contributed by atoms with Crippen LogP contribution in [0, 0.1) is 0 Å². The summed E-state index contributed by atoms with van der Waals surface area (Å²) in [5.74, 6) is 0. The molecular weight excluding hydrogens is 148 g/mol. The number of hydrogen-bond donors (Lipinski definition) is 1. The molecule has 0 bridgehead atoms. The molecule has 0 aromatic carbocycles. The smallest absolute Gasteiger partial charge is 0.0215 e. The third-order valence-electron chi connectivity index (χ3n) is 2.35. The van der Waals surface area contributed by atoms with Crippen molar-refractivity contribution in [2.75, 3.05) is 20.1 Å².